The SMILES string of the molecule is Cc1nccnc1-c1cc(CNC(C)C)no1. The van der Waals surface area contributed by atoms with Gasteiger partial charge in [-0.05, 0) is 6.92 Å². The number of aryl methyl sites for hydroxylation is 1. The van der Waals surface area contributed by atoms with Crippen LogP contribution in [-0.2, 0) is 6.54 Å². The third-order valence-electron chi connectivity index (χ3n) is 2.36. The Balaban J connectivity index is 2.16. The molecule has 0 atom stereocenters. The summed E-state index contributed by atoms with van der Waals surface area (Å²) in [7, 11) is 0. The predicted octanol–water partition coefficient (Wildman–Crippen LogP) is 1.94. The number of rotatable bonds is 4. The molecular weight excluding hydrogens is 216 g/mol. The number of nitrogens with zero attached hydrogens (tertiary/aromatic N) is 3. The molecule has 5 nitrogen and oxygen atoms in total. The lowest BCUT2D eigenvalue weighted by molar-refractivity contribution is 0.416. The molecule has 0 saturated heterocycles. The van der Waals surface area contributed by atoms with Crippen LogP contribution in [-0.4, -0.2) is 21.2 Å². The molecule has 0 fully saturated rings. The molecule has 2 rings (SSSR count). The van der Waals surface area contributed by atoms with Crippen molar-refractivity contribution in [3.8, 4) is 11.5 Å². The number of hydrogen-bond donors (Lipinski definition) is 1. The maximum absolute atomic E-state index is 5.27. The van der Waals surface area contributed by atoms with E-state index in [1.165, 1.54) is 0 Å². The molecule has 2 aromatic rings. The highest BCUT2D eigenvalue weighted by molar-refractivity contribution is 5.54. The lowest BCUT2D eigenvalue weighted by atomic mass is 10.2. The van der Waals surface area contributed by atoms with Crippen molar-refractivity contribution in [1.29, 1.82) is 0 Å². The van der Waals surface area contributed by atoms with Gasteiger partial charge < -0.3 is 9.84 Å². The standard InChI is InChI=1S/C12H16N4O/c1-8(2)15-7-10-6-11(17-16-10)12-9(3)13-4-5-14-12/h4-6,8,15H,7H2,1-3H3. The van der Waals surface area contributed by atoms with Gasteiger partial charge in [0.05, 0.1) is 11.4 Å². The number of nitrogens with one attached hydrogen (secondary N) is 1. The van der Waals surface area contributed by atoms with Crippen molar-refractivity contribution in [2.24, 2.45) is 0 Å². The van der Waals surface area contributed by atoms with Crippen molar-refractivity contribution in [3.63, 3.8) is 0 Å². The van der Waals surface area contributed by atoms with Crippen LogP contribution < -0.4 is 5.32 Å². The minimum atomic E-state index is 0.424. The Morgan fingerprint density at radius 3 is 2.76 bits per heavy atom. The summed E-state index contributed by atoms with van der Waals surface area (Å²) in [6, 6.07) is 2.32. The average molecular weight is 232 g/mol. The summed E-state index contributed by atoms with van der Waals surface area (Å²) in [6.07, 6.45) is 3.31. The molecule has 0 aliphatic heterocycles. The molecule has 0 saturated carbocycles. The first-order valence-corrected chi connectivity index (χ1v) is 5.64. The Morgan fingerprint density at radius 2 is 2.06 bits per heavy atom. The molecule has 0 aromatic carbocycles. The third-order valence-corrected chi connectivity index (χ3v) is 2.36. The molecule has 0 unspecified atom stereocenters. The van der Waals surface area contributed by atoms with Gasteiger partial charge in [-0.2, -0.15) is 0 Å². The van der Waals surface area contributed by atoms with E-state index in [-0.39, 0.29) is 0 Å². The first-order chi connectivity index (χ1) is 8.16. The Kier molecular flexibility index (Phi) is 3.49. The van der Waals surface area contributed by atoms with Crippen LogP contribution in [0.25, 0.3) is 11.5 Å². The van der Waals surface area contributed by atoms with Crippen LogP contribution in [0.15, 0.2) is 23.0 Å². The summed E-state index contributed by atoms with van der Waals surface area (Å²) in [5.74, 6) is 0.663. The number of aromatic nitrogens is 3. The summed E-state index contributed by atoms with van der Waals surface area (Å²) in [4.78, 5) is 8.41. The maximum atomic E-state index is 5.27. The van der Waals surface area contributed by atoms with Gasteiger partial charge >= 0.3 is 0 Å². The van der Waals surface area contributed by atoms with Gasteiger partial charge in [0.25, 0.3) is 0 Å². The molecule has 0 aliphatic rings. The van der Waals surface area contributed by atoms with Crippen molar-refractivity contribution >= 4 is 0 Å². The third kappa shape index (κ3) is 2.88. The van der Waals surface area contributed by atoms with E-state index >= 15 is 0 Å². The number of hydrogen-bond acceptors (Lipinski definition) is 5. The summed E-state index contributed by atoms with van der Waals surface area (Å²) >= 11 is 0. The fourth-order valence-electron chi connectivity index (χ4n) is 1.46. The van der Waals surface area contributed by atoms with Gasteiger partial charge in [0.1, 0.15) is 5.69 Å². The van der Waals surface area contributed by atoms with Crippen molar-refractivity contribution in [2.75, 3.05) is 0 Å². The van der Waals surface area contributed by atoms with E-state index in [9.17, 15) is 0 Å². The van der Waals surface area contributed by atoms with E-state index in [1.807, 2.05) is 13.0 Å². The van der Waals surface area contributed by atoms with Gasteiger partial charge in [-0.3, -0.25) is 4.98 Å². The highest BCUT2D eigenvalue weighted by atomic mass is 16.5. The fraction of sp³-hybridized carbons (Fsp3) is 0.417. The molecule has 5 heteroatoms. The van der Waals surface area contributed by atoms with Crippen LogP contribution in [0.4, 0.5) is 0 Å². The normalized spacial score (nSPS) is 11.1. The van der Waals surface area contributed by atoms with Gasteiger partial charge in [0.2, 0.25) is 0 Å². The molecule has 1 N–H and O–H groups in total. The molecular formula is C12H16N4O. The van der Waals surface area contributed by atoms with Crippen LogP contribution >= 0.6 is 0 Å². The van der Waals surface area contributed by atoms with E-state index in [4.69, 9.17) is 4.52 Å². The minimum Gasteiger partial charge on any atom is -0.354 e. The van der Waals surface area contributed by atoms with E-state index in [1.54, 1.807) is 12.4 Å². The monoisotopic (exact) mass is 232 g/mol. The highest BCUT2D eigenvalue weighted by Gasteiger charge is 2.10. The van der Waals surface area contributed by atoms with Crippen LogP contribution in [0.3, 0.4) is 0 Å². The Bertz CT molecular complexity index is 493. The van der Waals surface area contributed by atoms with Crippen molar-refractivity contribution in [2.45, 2.75) is 33.4 Å². The van der Waals surface area contributed by atoms with Gasteiger partial charge in [-0.15, -0.1) is 0 Å². The predicted molar refractivity (Wildman–Crippen MR) is 64.2 cm³/mol. The first kappa shape index (κ1) is 11.7. The van der Waals surface area contributed by atoms with E-state index < -0.39 is 0 Å². The maximum Gasteiger partial charge on any atom is 0.187 e. The largest absolute Gasteiger partial charge is 0.354 e. The van der Waals surface area contributed by atoms with Crippen molar-refractivity contribution < 1.29 is 4.52 Å². The zero-order chi connectivity index (χ0) is 12.3. The zero-order valence-electron chi connectivity index (χ0n) is 10.3. The van der Waals surface area contributed by atoms with Gasteiger partial charge in [-0.1, -0.05) is 19.0 Å². The second-order valence-electron chi connectivity index (χ2n) is 4.21. The summed E-state index contributed by atoms with van der Waals surface area (Å²) in [5.41, 5.74) is 2.46. The summed E-state index contributed by atoms with van der Waals surface area (Å²) in [5, 5.41) is 7.28. The molecule has 0 amide bonds. The van der Waals surface area contributed by atoms with Crippen LogP contribution in [0.1, 0.15) is 25.2 Å². The second-order valence-corrected chi connectivity index (χ2v) is 4.21. The molecule has 2 aromatic heterocycles. The Hall–Kier alpha value is -1.75. The summed E-state index contributed by atoms with van der Waals surface area (Å²) < 4.78 is 5.27. The van der Waals surface area contributed by atoms with Gasteiger partial charge in [-0.25, -0.2) is 4.98 Å². The second kappa shape index (κ2) is 5.05. The highest BCUT2D eigenvalue weighted by Crippen LogP contribution is 2.19. The fourth-order valence-corrected chi connectivity index (χ4v) is 1.46. The van der Waals surface area contributed by atoms with Crippen LogP contribution in [0.2, 0.25) is 0 Å². The molecule has 2 heterocycles. The molecule has 0 radical (unpaired) electrons. The Labute approximate surface area is 100 Å². The summed E-state index contributed by atoms with van der Waals surface area (Å²) in [6.45, 7) is 6.78. The molecule has 17 heavy (non-hydrogen) atoms. The lowest BCUT2D eigenvalue weighted by Crippen LogP contribution is -2.21. The molecule has 0 aliphatic carbocycles. The molecule has 0 spiro atoms. The van der Waals surface area contributed by atoms with Gasteiger partial charge in [0.15, 0.2) is 5.76 Å². The first-order valence-electron chi connectivity index (χ1n) is 5.64. The smallest absolute Gasteiger partial charge is 0.187 e. The van der Waals surface area contributed by atoms with E-state index in [2.05, 4.69) is 34.3 Å². The van der Waals surface area contributed by atoms with Crippen LogP contribution in [0.5, 0.6) is 0 Å². The lowest BCUT2D eigenvalue weighted by Gasteiger charge is -2.03. The average Bonchev–Trinajstić information content (AvgIpc) is 2.75. The Morgan fingerprint density at radius 1 is 1.29 bits per heavy atom. The van der Waals surface area contributed by atoms with Crippen molar-refractivity contribution in [1.82, 2.24) is 20.4 Å². The van der Waals surface area contributed by atoms with Crippen molar-refractivity contribution in [3.05, 3.63) is 29.8 Å². The molecule has 0 bridgehead atoms. The van der Waals surface area contributed by atoms with E-state index in [0.29, 0.717) is 18.3 Å². The van der Waals surface area contributed by atoms with Crippen LogP contribution in [0, 0.1) is 6.92 Å². The van der Waals surface area contributed by atoms with Gasteiger partial charge in [0, 0.05) is 31.0 Å². The topological polar surface area (TPSA) is 63.8 Å². The van der Waals surface area contributed by atoms with E-state index in [0.717, 1.165) is 17.1 Å². The molecule has 90 valence electrons. The quantitative estimate of drug-likeness (QED) is 0.872. The minimum absolute atomic E-state index is 0.424. The zero-order valence-corrected chi connectivity index (χ0v) is 10.3.